The van der Waals surface area contributed by atoms with Crippen LogP contribution >= 0.6 is 11.6 Å². The van der Waals surface area contributed by atoms with Crippen LogP contribution in [0.1, 0.15) is 37.8 Å². The SMILES string of the molecule is CN=C(NCc1nnc2n1CCCCC2)NCC(C)Oc1ccc(Cl)cc1. The number of fused-ring (bicyclic) bond motifs is 1. The Kier molecular flexibility index (Phi) is 6.92. The van der Waals surface area contributed by atoms with Crippen molar-refractivity contribution in [1.82, 2.24) is 25.4 Å². The smallest absolute Gasteiger partial charge is 0.191 e. The quantitative estimate of drug-likeness (QED) is 0.586. The molecule has 1 aromatic heterocycles. The van der Waals surface area contributed by atoms with E-state index >= 15 is 0 Å². The number of nitrogens with one attached hydrogen (secondary N) is 2. The Labute approximate surface area is 165 Å². The lowest BCUT2D eigenvalue weighted by atomic mass is 10.2. The zero-order chi connectivity index (χ0) is 19.1. The average molecular weight is 391 g/mol. The molecule has 27 heavy (non-hydrogen) atoms. The van der Waals surface area contributed by atoms with Crippen LogP contribution in [0.15, 0.2) is 29.3 Å². The van der Waals surface area contributed by atoms with Gasteiger partial charge in [-0.1, -0.05) is 18.0 Å². The van der Waals surface area contributed by atoms with Crippen LogP contribution in [0.25, 0.3) is 0 Å². The first-order valence-electron chi connectivity index (χ1n) is 9.43. The van der Waals surface area contributed by atoms with Gasteiger partial charge in [-0.05, 0) is 44.0 Å². The molecule has 1 atom stereocenters. The Hall–Kier alpha value is -2.28. The van der Waals surface area contributed by atoms with Crippen molar-refractivity contribution in [2.45, 2.75) is 51.8 Å². The highest BCUT2D eigenvalue weighted by Crippen LogP contribution is 2.16. The van der Waals surface area contributed by atoms with E-state index in [1.54, 1.807) is 7.05 Å². The van der Waals surface area contributed by atoms with Crippen LogP contribution in [-0.4, -0.2) is 40.4 Å². The van der Waals surface area contributed by atoms with E-state index < -0.39 is 0 Å². The Balaban J connectivity index is 1.47. The topological polar surface area (TPSA) is 76.4 Å². The molecule has 0 aliphatic carbocycles. The molecular weight excluding hydrogens is 364 g/mol. The molecule has 8 heteroatoms. The van der Waals surface area contributed by atoms with Crippen molar-refractivity contribution < 1.29 is 4.74 Å². The first-order valence-corrected chi connectivity index (χ1v) is 9.81. The van der Waals surface area contributed by atoms with Gasteiger partial charge in [0.05, 0.1) is 13.1 Å². The van der Waals surface area contributed by atoms with E-state index in [1.807, 2.05) is 31.2 Å². The molecule has 1 aromatic carbocycles. The molecule has 3 rings (SSSR count). The van der Waals surface area contributed by atoms with Crippen LogP contribution in [0.5, 0.6) is 5.75 Å². The fourth-order valence-electron chi connectivity index (χ4n) is 3.09. The molecule has 2 heterocycles. The van der Waals surface area contributed by atoms with Gasteiger partial charge in [-0.2, -0.15) is 0 Å². The molecule has 0 radical (unpaired) electrons. The summed E-state index contributed by atoms with van der Waals surface area (Å²) >= 11 is 5.90. The zero-order valence-corrected chi connectivity index (χ0v) is 16.7. The summed E-state index contributed by atoms with van der Waals surface area (Å²) in [7, 11) is 1.75. The molecule has 0 amide bonds. The van der Waals surface area contributed by atoms with Gasteiger partial charge in [-0.25, -0.2) is 0 Å². The third kappa shape index (κ3) is 5.60. The fraction of sp³-hybridized carbons (Fsp3) is 0.526. The number of guanidine groups is 1. The van der Waals surface area contributed by atoms with Gasteiger partial charge in [0.1, 0.15) is 17.7 Å². The minimum absolute atomic E-state index is 0.0194. The highest BCUT2D eigenvalue weighted by atomic mass is 35.5. The molecule has 2 aromatic rings. The monoisotopic (exact) mass is 390 g/mol. The fourth-order valence-corrected chi connectivity index (χ4v) is 3.21. The van der Waals surface area contributed by atoms with Crippen LogP contribution in [0.3, 0.4) is 0 Å². The molecule has 0 spiro atoms. The minimum Gasteiger partial charge on any atom is -0.489 e. The van der Waals surface area contributed by atoms with E-state index in [-0.39, 0.29) is 6.10 Å². The second-order valence-corrected chi connectivity index (χ2v) is 7.12. The van der Waals surface area contributed by atoms with Crippen molar-refractivity contribution in [3.05, 3.63) is 40.9 Å². The summed E-state index contributed by atoms with van der Waals surface area (Å²) in [6.45, 7) is 4.23. The van der Waals surface area contributed by atoms with Gasteiger partial charge in [0.2, 0.25) is 0 Å². The summed E-state index contributed by atoms with van der Waals surface area (Å²) in [5, 5.41) is 16.0. The average Bonchev–Trinajstić information content (AvgIpc) is 2.90. The number of aliphatic imine (C=N–C) groups is 1. The second kappa shape index (κ2) is 9.60. The number of aryl methyl sites for hydroxylation is 1. The molecule has 2 N–H and O–H groups in total. The number of aromatic nitrogens is 3. The van der Waals surface area contributed by atoms with Crippen molar-refractivity contribution in [3.63, 3.8) is 0 Å². The van der Waals surface area contributed by atoms with Crippen LogP contribution in [-0.2, 0) is 19.5 Å². The van der Waals surface area contributed by atoms with Crippen molar-refractivity contribution in [2.75, 3.05) is 13.6 Å². The third-order valence-electron chi connectivity index (χ3n) is 4.53. The predicted molar refractivity (Wildman–Crippen MR) is 107 cm³/mol. The van der Waals surface area contributed by atoms with E-state index in [0.717, 1.165) is 30.4 Å². The molecule has 0 saturated carbocycles. The Bertz CT molecular complexity index is 758. The maximum Gasteiger partial charge on any atom is 0.191 e. The van der Waals surface area contributed by atoms with Crippen molar-refractivity contribution in [1.29, 1.82) is 0 Å². The number of nitrogens with zero attached hydrogens (tertiary/aromatic N) is 4. The number of rotatable bonds is 6. The van der Waals surface area contributed by atoms with Gasteiger partial charge < -0.3 is 19.9 Å². The Morgan fingerprint density at radius 3 is 2.81 bits per heavy atom. The molecule has 7 nitrogen and oxygen atoms in total. The van der Waals surface area contributed by atoms with Crippen LogP contribution in [0.2, 0.25) is 5.02 Å². The van der Waals surface area contributed by atoms with Gasteiger partial charge in [0.15, 0.2) is 11.8 Å². The Morgan fingerprint density at radius 2 is 2.04 bits per heavy atom. The van der Waals surface area contributed by atoms with Gasteiger partial charge in [-0.15, -0.1) is 10.2 Å². The predicted octanol–water partition coefficient (Wildman–Crippen LogP) is 2.79. The van der Waals surface area contributed by atoms with E-state index in [4.69, 9.17) is 16.3 Å². The molecule has 1 unspecified atom stereocenters. The molecule has 1 aliphatic rings. The molecule has 0 bridgehead atoms. The van der Waals surface area contributed by atoms with E-state index in [0.29, 0.717) is 24.1 Å². The largest absolute Gasteiger partial charge is 0.489 e. The van der Waals surface area contributed by atoms with E-state index in [2.05, 4.69) is 30.4 Å². The lowest BCUT2D eigenvalue weighted by Crippen LogP contribution is -2.41. The first kappa shape index (κ1) is 19.5. The maximum atomic E-state index is 5.90. The highest BCUT2D eigenvalue weighted by molar-refractivity contribution is 6.30. The number of ether oxygens (including phenoxy) is 1. The summed E-state index contributed by atoms with van der Waals surface area (Å²) in [5.74, 6) is 3.56. The van der Waals surface area contributed by atoms with Gasteiger partial charge in [0, 0.05) is 25.0 Å². The summed E-state index contributed by atoms with van der Waals surface area (Å²) in [4.78, 5) is 4.27. The molecular formula is C19H27ClN6O. The van der Waals surface area contributed by atoms with Gasteiger partial charge in [0.25, 0.3) is 0 Å². The van der Waals surface area contributed by atoms with Crippen molar-refractivity contribution in [3.8, 4) is 5.75 Å². The Morgan fingerprint density at radius 1 is 1.22 bits per heavy atom. The maximum absolute atomic E-state index is 5.90. The summed E-state index contributed by atoms with van der Waals surface area (Å²) < 4.78 is 8.11. The van der Waals surface area contributed by atoms with E-state index in [9.17, 15) is 0 Å². The first-order chi connectivity index (χ1) is 13.2. The standard InChI is InChI=1S/C19H27ClN6O/c1-14(27-16-9-7-15(20)8-10-16)12-22-19(21-2)23-13-18-25-24-17-6-4-3-5-11-26(17)18/h7-10,14H,3-6,11-13H2,1-2H3,(H2,21,22,23). The van der Waals surface area contributed by atoms with Crippen molar-refractivity contribution in [2.24, 2.45) is 4.99 Å². The second-order valence-electron chi connectivity index (χ2n) is 6.68. The van der Waals surface area contributed by atoms with Crippen LogP contribution in [0, 0.1) is 0 Å². The zero-order valence-electron chi connectivity index (χ0n) is 15.9. The van der Waals surface area contributed by atoms with Gasteiger partial charge in [-0.3, -0.25) is 4.99 Å². The number of hydrogen-bond donors (Lipinski definition) is 2. The minimum atomic E-state index is -0.0194. The van der Waals surface area contributed by atoms with Crippen LogP contribution in [0.4, 0.5) is 0 Å². The van der Waals surface area contributed by atoms with Gasteiger partial charge >= 0.3 is 0 Å². The molecule has 146 valence electrons. The molecule has 0 saturated heterocycles. The number of hydrogen-bond acceptors (Lipinski definition) is 4. The number of benzene rings is 1. The summed E-state index contributed by atoms with van der Waals surface area (Å²) in [5.41, 5.74) is 0. The third-order valence-corrected chi connectivity index (χ3v) is 4.78. The lowest BCUT2D eigenvalue weighted by molar-refractivity contribution is 0.224. The lowest BCUT2D eigenvalue weighted by Gasteiger charge is -2.18. The summed E-state index contributed by atoms with van der Waals surface area (Å²) in [6.07, 6.45) is 4.63. The number of halogens is 1. The van der Waals surface area contributed by atoms with E-state index in [1.165, 1.54) is 19.3 Å². The highest BCUT2D eigenvalue weighted by Gasteiger charge is 2.15. The molecule has 1 aliphatic heterocycles. The normalized spacial score (nSPS) is 15.6. The summed E-state index contributed by atoms with van der Waals surface area (Å²) in [6, 6.07) is 7.36. The van der Waals surface area contributed by atoms with Crippen LogP contribution < -0.4 is 15.4 Å². The molecule has 0 fully saturated rings. The van der Waals surface area contributed by atoms with Crippen molar-refractivity contribution >= 4 is 17.6 Å².